The highest BCUT2D eigenvalue weighted by atomic mass is 16.2. The van der Waals surface area contributed by atoms with Gasteiger partial charge in [-0.1, -0.05) is 24.3 Å². The second-order valence-electron chi connectivity index (χ2n) is 7.49. The van der Waals surface area contributed by atoms with Gasteiger partial charge in [-0.2, -0.15) is 0 Å². The number of carbonyl (C=O) groups excluding carboxylic acids is 2. The first-order valence-corrected chi connectivity index (χ1v) is 9.21. The molecule has 0 radical (unpaired) electrons. The van der Waals surface area contributed by atoms with Crippen molar-refractivity contribution < 1.29 is 9.59 Å². The van der Waals surface area contributed by atoms with Gasteiger partial charge >= 0.3 is 0 Å². The number of pyridine rings is 1. The molecule has 2 aliphatic heterocycles. The predicted molar refractivity (Wildman–Crippen MR) is 101 cm³/mol. The summed E-state index contributed by atoms with van der Waals surface area (Å²) in [5, 5.41) is 0.768. The van der Waals surface area contributed by atoms with Gasteiger partial charge in [-0.05, 0) is 24.5 Å². The van der Waals surface area contributed by atoms with E-state index >= 15 is 0 Å². The van der Waals surface area contributed by atoms with Crippen molar-refractivity contribution in [2.45, 2.75) is 18.9 Å². The molecule has 2 atom stereocenters. The highest BCUT2D eigenvalue weighted by Crippen LogP contribution is 2.35. The zero-order chi connectivity index (χ0) is 18.5. The first-order chi connectivity index (χ1) is 13.1. The molecule has 0 spiro atoms. The molecule has 6 heteroatoms. The molecule has 0 saturated carbocycles. The van der Waals surface area contributed by atoms with E-state index in [1.807, 2.05) is 34.9 Å². The zero-order valence-electron chi connectivity index (χ0n) is 14.7. The SMILES string of the molecule is O=C(C(=O)N1CC2CC(C1)c1cccc(=O)n1C2)c1c[nH]c2ccccc12. The number of aromatic nitrogens is 2. The van der Waals surface area contributed by atoms with Crippen molar-refractivity contribution in [3.8, 4) is 0 Å². The molecule has 27 heavy (non-hydrogen) atoms. The van der Waals surface area contributed by atoms with Crippen molar-refractivity contribution in [1.82, 2.24) is 14.5 Å². The number of piperidine rings is 1. The highest BCUT2D eigenvalue weighted by Gasteiger charge is 2.38. The van der Waals surface area contributed by atoms with Gasteiger partial charge in [0.15, 0.2) is 0 Å². The maximum atomic E-state index is 12.9. The third-order valence-corrected chi connectivity index (χ3v) is 5.80. The lowest BCUT2D eigenvalue weighted by molar-refractivity contribution is -0.129. The molecule has 5 rings (SSSR count). The van der Waals surface area contributed by atoms with Crippen molar-refractivity contribution in [3.63, 3.8) is 0 Å². The second-order valence-corrected chi connectivity index (χ2v) is 7.49. The molecular weight excluding hydrogens is 342 g/mol. The van der Waals surface area contributed by atoms with E-state index in [0.29, 0.717) is 25.2 Å². The lowest BCUT2D eigenvalue weighted by atomic mass is 9.83. The summed E-state index contributed by atoms with van der Waals surface area (Å²) in [7, 11) is 0. The first-order valence-electron chi connectivity index (χ1n) is 9.21. The van der Waals surface area contributed by atoms with E-state index in [1.165, 1.54) is 0 Å². The molecule has 4 heterocycles. The monoisotopic (exact) mass is 361 g/mol. The normalized spacial score (nSPS) is 21.1. The Bertz CT molecular complexity index is 1130. The summed E-state index contributed by atoms with van der Waals surface area (Å²) in [6, 6.07) is 12.8. The van der Waals surface area contributed by atoms with Gasteiger partial charge in [0.1, 0.15) is 0 Å². The van der Waals surface area contributed by atoms with Crippen LogP contribution < -0.4 is 5.56 Å². The quantitative estimate of drug-likeness (QED) is 0.561. The molecule has 0 aliphatic carbocycles. The Morgan fingerprint density at radius 2 is 1.85 bits per heavy atom. The van der Waals surface area contributed by atoms with Crippen molar-refractivity contribution in [3.05, 3.63) is 70.3 Å². The molecule has 1 amide bonds. The molecule has 136 valence electrons. The largest absolute Gasteiger partial charge is 0.360 e. The fourth-order valence-electron chi connectivity index (χ4n) is 4.58. The third kappa shape index (κ3) is 2.51. The molecule has 2 aromatic heterocycles. The number of amides is 1. The molecule has 1 saturated heterocycles. The number of hydrogen-bond acceptors (Lipinski definition) is 3. The van der Waals surface area contributed by atoms with Gasteiger partial charge in [0, 0.05) is 54.4 Å². The Kier molecular flexibility index (Phi) is 3.53. The Hall–Kier alpha value is -3.15. The Balaban J connectivity index is 1.44. The second kappa shape index (κ2) is 5.94. The van der Waals surface area contributed by atoms with E-state index in [0.717, 1.165) is 23.0 Å². The van der Waals surface area contributed by atoms with Crippen LogP contribution in [0.1, 0.15) is 28.4 Å². The van der Waals surface area contributed by atoms with E-state index in [4.69, 9.17) is 0 Å². The van der Waals surface area contributed by atoms with Crippen molar-refractivity contribution in [1.29, 1.82) is 0 Å². The summed E-state index contributed by atoms with van der Waals surface area (Å²) < 4.78 is 1.82. The highest BCUT2D eigenvalue weighted by molar-refractivity contribution is 6.44. The Morgan fingerprint density at radius 1 is 1.00 bits per heavy atom. The van der Waals surface area contributed by atoms with Gasteiger partial charge in [0.05, 0.1) is 5.56 Å². The predicted octanol–water partition coefficient (Wildman–Crippen LogP) is 2.16. The molecule has 2 aliphatic rings. The molecule has 1 fully saturated rings. The third-order valence-electron chi connectivity index (χ3n) is 5.80. The summed E-state index contributed by atoms with van der Waals surface area (Å²) in [5.41, 5.74) is 2.24. The Labute approximate surface area is 155 Å². The average Bonchev–Trinajstić information content (AvgIpc) is 3.12. The summed E-state index contributed by atoms with van der Waals surface area (Å²) in [4.78, 5) is 42.7. The van der Waals surface area contributed by atoms with Gasteiger partial charge in [-0.15, -0.1) is 0 Å². The zero-order valence-corrected chi connectivity index (χ0v) is 14.7. The number of Topliss-reactive ketones (excluding diaryl/α,β-unsaturated/α-hetero) is 1. The number of rotatable bonds is 2. The fourth-order valence-corrected chi connectivity index (χ4v) is 4.58. The van der Waals surface area contributed by atoms with Crippen molar-refractivity contribution in [2.75, 3.05) is 13.1 Å². The topological polar surface area (TPSA) is 75.2 Å². The van der Waals surface area contributed by atoms with Gasteiger partial charge in [0.25, 0.3) is 17.2 Å². The number of para-hydroxylation sites is 1. The van der Waals surface area contributed by atoms with Crippen LogP contribution in [-0.4, -0.2) is 39.2 Å². The van der Waals surface area contributed by atoms with E-state index in [-0.39, 0.29) is 17.4 Å². The molecule has 2 unspecified atom stereocenters. The summed E-state index contributed by atoms with van der Waals surface area (Å²) in [6.45, 7) is 1.60. The average molecular weight is 361 g/mol. The lowest BCUT2D eigenvalue weighted by Gasteiger charge is -2.42. The number of aromatic amines is 1. The Morgan fingerprint density at radius 3 is 2.74 bits per heavy atom. The molecule has 1 N–H and O–H groups in total. The van der Waals surface area contributed by atoms with Crippen LogP contribution in [0.15, 0.2) is 53.5 Å². The van der Waals surface area contributed by atoms with Crippen LogP contribution in [0.4, 0.5) is 0 Å². The first kappa shape index (κ1) is 16.1. The number of ketones is 1. The summed E-state index contributed by atoms with van der Waals surface area (Å²) in [5.74, 6) is -0.624. The van der Waals surface area contributed by atoms with Crippen molar-refractivity contribution in [2.24, 2.45) is 5.92 Å². The summed E-state index contributed by atoms with van der Waals surface area (Å²) >= 11 is 0. The van der Waals surface area contributed by atoms with Crippen LogP contribution in [0.3, 0.4) is 0 Å². The lowest BCUT2D eigenvalue weighted by Crippen LogP contribution is -2.50. The van der Waals surface area contributed by atoms with E-state index < -0.39 is 11.7 Å². The minimum Gasteiger partial charge on any atom is -0.360 e. The number of nitrogens with one attached hydrogen (secondary N) is 1. The molecular formula is C21H19N3O3. The minimum absolute atomic E-state index is 0.0110. The van der Waals surface area contributed by atoms with Gasteiger partial charge in [-0.3, -0.25) is 14.4 Å². The van der Waals surface area contributed by atoms with Crippen LogP contribution in [0.5, 0.6) is 0 Å². The van der Waals surface area contributed by atoms with Gasteiger partial charge in [0.2, 0.25) is 0 Å². The molecule has 1 aromatic carbocycles. The van der Waals surface area contributed by atoms with Gasteiger partial charge in [-0.25, -0.2) is 0 Å². The fraction of sp³-hybridized carbons (Fsp3) is 0.286. The van der Waals surface area contributed by atoms with E-state index in [2.05, 4.69) is 4.98 Å². The van der Waals surface area contributed by atoms with Crippen LogP contribution in [0.25, 0.3) is 10.9 Å². The molecule has 2 bridgehead atoms. The van der Waals surface area contributed by atoms with Crippen LogP contribution in [0, 0.1) is 5.92 Å². The maximum absolute atomic E-state index is 12.9. The van der Waals surface area contributed by atoms with E-state index in [9.17, 15) is 14.4 Å². The smallest absolute Gasteiger partial charge is 0.295 e. The number of likely N-dealkylation sites (tertiary alicyclic amines) is 1. The molecule has 6 nitrogen and oxygen atoms in total. The number of hydrogen-bond donors (Lipinski definition) is 1. The molecule has 3 aromatic rings. The van der Waals surface area contributed by atoms with E-state index in [1.54, 1.807) is 23.2 Å². The number of fused-ring (bicyclic) bond motifs is 5. The van der Waals surface area contributed by atoms with Crippen LogP contribution in [0.2, 0.25) is 0 Å². The van der Waals surface area contributed by atoms with Crippen LogP contribution in [-0.2, 0) is 11.3 Å². The summed E-state index contributed by atoms with van der Waals surface area (Å²) in [6.07, 6.45) is 2.57. The van der Waals surface area contributed by atoms with Gasteiger partial charge < -0.3 is 14.5 Å². The number of H-pyrrole nitrogens is 1. The maximum Gasteiger partial charge on any atom is 0.295 e. The minimum atomic E-state index is -0.474. The van der Waals surface area contributed by atoms with Crippen molar-refractivity contribution >= 4 is 22.6 Å². The number of nitrogens with zero attached hydrogens (tertiary/aromatic N) is 2. The standard InChI is InChI=1S/C21H19N3O3/c25-19-7-3-6-18-14-8-13(11-24(18)19)10-23(12-14)21(27)20(26)16-9-22-17-5-2-1-4-15(16)17/h1-7,9,13-14,22H,8,10-12H2. The number of benzene rings is 1. The number of carbonyl (C=O) groups is 2. The van der Waals surface area contributed by atoms with Crippen LogP contribution >= 0.6 is 0 Å².